The molecule has 0 amide bonds. The molecule has 23 heavy (non-hydrogen) atoms. The van der Waals surface area contributed by atoms with E-state index in [0.29, 0.717) is 13.2 Å². The number of aryl methyl sites for hydroxylation is 1. The van der Waals surface area contributed by atoms with Crippen LogP contribution >= 0.6 is 0 Å². The summed E-state index contributed by atoms with van der Waals surface area (Å²) in [5, 5.41) is 0. The summed E-state index contributed by atoms with van der Waals surface area (Å²) in [5.74, 6) is 0. The second-order valence-corrected chi connectivity index (χ2v) is 6.20. The molecule has 10 heteroatoms. The average Bonchev–Trinajstić information content (AvgIpc) is 2.81. The SMILES string of the molecule is Cn1c(=O)n(CC2(C)COC2)c(=O)c2c1ncn2CC(F)(F)F. The van der Waals surface area contributed by atoms with E-state index in [1.807, 2.05) is 6.92 Å². The quantitative estimate of drug-likeness (QED) is 0.820. The summed E-state index contributed by atoms with van der Waals surface area (Å²) >= 11 is 0. The van der Waals surface area contributed by atoms with Gasteiger partial charge in [0.15, 0.2) is 11.2 Å². The van der Waals surface area contributed by atoms with Crippen LogP contribution in [0.1, 0.15) is 6.92 Å². The molecule has 7 nitrogen and oxygen atoms in total. The van der Waals surface area contributed by atoms with Crippen molar-refractivity contribution in [2.45, 2.75) is 26.2 Å². The van der Waals surface area contributed by atoms with E-state index in [9.17, 15) is 22.8 Å². The molecule has 0 aliphatic carbocycles. The molecule has 0 N–H and O–H groups in total. The maximum Gasteiger partial charge on any atom is 0.406 e. The van der Waals surface area contributed by atoms with Crippen LogP contribution in [0.3, 0.4) is 0 Å². The van der Waals surface area contributed by atoms with Gasteiger partial charge in [-0.15, -0.1) is 0 Å². The monoisotopic (exact) mass is 332 g/mol. The molecule has 3 rings (SSSR count). The maximum atomic E-state index is 12.7. The predicted octanol–water partition coefficient (Wildman–Crippen LogP) is 0.495. The van der Waals surface area contributed by atoms with Gasteiger partial charge in [-0.05, 0) is 0 Å². The number of hydrogen-bond acceptors (Lipinski definition) is 4. The summed E-state index contributed by atoms with van der Waals surface area (Å²) in [4.78, 5) is 28.7. The second-order valence-electron chi connectivity index (χ2n) is 6.20. The van der Waals surface area contributed by atoms with Crippen molar-refractivity contribution in [1.82, 2.24) is 18.7 Å². The van der Waals surface area contributed by atoms with E-state index in [4.69, 9.17) is 4.74 Å². The van der Waals surface area contributed by atoms with Gasteiger partial charge in [0.1, 0.15) is 6.54 Å². The van der Waals surface area contributed by atoms with E-state index in [-0.39, 0.29) is 23.1 Å². The van der Waals surface area contributed by atoms with Crippen molar-refractivity contribution in [3.05, 3.63) is 27.2 Å². The number of aromatic nitrogens is 4. The number of nitrogens with zero attached hydrogens (tertiary/aromatic N) is 4. The van der Waals surface area contributed by atoms with Gasteiger partial charge in [-0.3, -0.25) is 13.9 Å². The summed E-state index contributed by atoms with van der Waals surface area (Å²) < 4.78 is 45.8. The first-order valence-corrected chi connectivity index (χ1v) is 6.90. The van der Waals surface area contributed by atoms with Gasteiger partial charge in [0, 0.05) is 19.0 Å². The zero-order valence-corrected chi connectivity index (χ0v) is 12.6. The van der Waals surface area contributed by atoms with E-state index in [1.165, 1.54) is 7.05 Å². The first kappa shape index (κ1) is 15.8. The number of hydrogen-bond donors (Lipinski definition) is 0. The van der Waals surface area contributed by atoms with E-state index >= 15 is 0 Å². The Morgan fingerprint density at radius 2 is 2.00 bits per heavy atom. The molecule has 0 unspecified atom stereocenters. The van der Waals surface area contributed by atoms with Gasteiger partial charge in [-0.2, -0.15) is 13.2 Å². The Labute approximate surface area is 127 Å². The Hall–Kier alpha value is -2.10. The molecule has 1 saturated heterocycles. The fourth-order valence-electron chi connectivity index (χ4n) is 2.70. The second kappa shape index (κ2) is 4.95. The highest BCUT2D eigenvalue weighted by Gasteiger charge is 2.36. The lowest BCUT2D eigenvalue weighted by Crippen LogP contribution is -2.50. The van der Waals surface area contributed by atoms with Crippen LogP contribution in [0, 0.1) is 5.41 Å². The number of rotatable bonds is 3. The lowest BCUT2D eigenvalue weighted by molar-refractivity contribution is -0.140. The Balaban J connectivity index is 2.19. The molecule has 0 bridgehead atoms. The summed E-state index contributed by atoms with van der Waals surface area (Å²) in [7, 11) is 1.38. The van der Waals surface area contributed by atoms with Crippen LogP contribution < -0.4 is 11.2 Å². The highest BCUT2D eigenvalue weighted by atomic mass is 19.4. The van der Waals surface area contributed by atoms with Crippen LogP contribution in [0.4, 0.5) is 13.2 Å². The fourth-order valence-corrected chi connectivity index (χ4v) is 2.70. The average molecular weight is 332 g/mol. The molecule has 0 spiro atoms. The van der Waals surface area contributed by atoms with Crippen LogP contribution in [0.15, 0.2) is 15.9 Å². The van der Waals surface area contributed by atoms with Crippen LogP contribution in [-0.2, 0) is 24.9 Å². The van der Waals surface area contributed by atoms with Crippen LogP contribution in [0.2, 0.25) is 0 Å². The standard InChI is InChI=1S/C13H15F3N4O3/c1-12(5-23-6-12)3-20-10(21)8-9(18(2)11(20)22)17-7-19(8)4-13(14,15)16/h7H,3-6H2,1-2H3. The number of halogens is 3. The Bertz CT molecular complexity index is 873. The van der Waals surface area contributed by atoms with Gasteiger partial charge >= 0.3 is 11.9 Å². The minimum atomic E-state index is -4.49. The van der Waals surface area contributed by atoms with Crippen molar-refractivity contribution < 1.29 is 17.9 Å². The van der Waals surface area contributed by atoms with Crippen molar-refractivity contribution >= 4 is 11.2 Å². The minimum Gasteiger partial charge on any atom is -0.380 e. The van der Waals surface area contributed by atoms with Gasteiger partial charge in [-0.25, -0.2) is 9.78 Å². The van der Waals surface area contributed by atoms with Crippen molar-refractivity contribution in [2.24, 2.45) is 12.5 Å². The van der Waals surface area contributed by atoms with E-state index < -0.39 is 24.0 Å². The topological polar surface area (TPSA) is 71.1 Å². The van der Waals surface area contributed by atoms with Gasteiger partial charge < -0.3 is 9.30 Å². The molecular formula is C13H15F3N4O3. The minimum absolute atomic E-state index is 0.0597. The molecule has 2 aromatic heterocycles. The summed E-state index contributed by atoms with van der Waals surface area (Å²) in [6, 6.07) is 0. The molecule has 3 heterocycles. The lowest BCUT2D eigenvalue weighted by Gasteiger charge is -2.38. The molecule has 1 aliphatic heterocycles. The van der Waals surface area contributed by atoms with Gasteiger partial charge in [0.25, 0.3) is 5.56 Å². The Morgan fingerprint density at radius 3 is 2.52 bits per heavy atom. The maximum absolute atomic E-state index is 12.7. The molecule has 1 aliphatic rings. The number of alkyl halides is 3. The van der Waals surface area contributed by atoms with Gasteiger partial charge in [-0.1, -0.05) is 6.92 Å². The molecule has 0 aromatic carbocycles. The van der Waals surface area contributed by atoms with E-state index in [0.717, 1.165) is 20.0 Å². The third kappa shape index (κ3) is 2.67. The third-order valence-electron chi connectivity index (χ3n) is 3.89. The first-order chi connectivity index (χ1) is 10.6. The van der Waals surface area contributed by atoms with Crippen LogP contribution in [-0.4, -0.2) is 38.1 Å². The Kier molecular flexibility index (Phi) is 3.40. The molecule has 2 aromatic rings. The normalized spacial score (nSPS) is 17.4. The van der Waals surface area contributed by atoms with Gasteiger partial charge in [0.2, 0.25) is 0 Å². The number of ether oxygens (including phenoxy) is 1. The highest BCUT2D eigenvalue weighted by Crippen LogP contribution is 2.27. The molecule has 0 atom stereocenters. The molecule has 1 fully saturated rings. The molecular weight excluding hydrogens is 317 g/mol. The summed E-state index contributed by atoms with van der Waals surface area (Å²) in [5.41, 5.74) is -2.03. The molecule has 0 saturated carbocycles. The Morgan fingerprint density at radius 1 is 1.35 bits per heavy atom. The van der Waals surface area contributed by atoms with Crippen molar-refractivity contribution in [1.29, 1.82) is 0 Å². The summed E-state index contributed by atoms with van der Waals surface area (Å²) in [6.45, 7) is 1.38. The first-order valence-electron chi connectivity index (χ1n) is 6.90. The van der Waals surface area contributed by atoms with Crippen molar-refractivity contribution in [3.8, 4) is 0 Å². The highest BCUT2D eigenvalue weighted by molar-refractivity contribution is 5.69. The summed E-state index contributed by atoms with van der Waals surface area (Å²) in [6.07, 6.45) is -3.56. The van der Waals surface area contributed by atoms with Crippen LogP contribution in [0.25, 0.3) is 11.2 Å². The largest absolute Gasteiger partial charge is 0.406 e. The lowest BCUT2D eigenvalue weighted by atomic mass is 9.88. The zero-order chi connectivity index (χ0) is 17.0. The van der Waals surface area contributed by atoms with E-state index in [1.54, 1.807) is 0 Å². The molecule has 0 radical (unpaired) electrons. The smallest absolute Gasteiger partial charge is 0.380 e. The third-order valence-corrected chi connectivity index (χ3v) is 3.89. The number of imidazole rings is 1. The molecule has 126 valence electrons. The fraction of sp³-hybridized carbons (Fsp3) is 0.615. The van der Waals surface area contributed by atoms with Crippen molar-refractivity contribution in [2.75, 3.05) is 13.2 Å². The van der Waals surface area contributed by atoms with Gasteiger partial charge in [0.05, 0.1) is 19.5 Å². The number of fused-ring (bicyclic) bond motifs is 1. The van der Waals surface area contributed by atoms with Crippen molar-refractivity contribution in [3.63, 3.8) is 0 Å². The van der Waals surface area contributed by atoms with Crippen LogP contribution in [0.5, 0.6) is 0 Å². The zero-order valence-electron chi connectivity index (χ0n) is 12.6. The van der Waals surface area contributed by atoms with E-state index in [2.05, 4.69) is 4.98 Å². The predicted molar refractivity (Wildman–Crippen MR) is 74.2 cm³/mol.